The third-order valence-electron chi connectivity index (χ3n) is 0. The van der Waals surface area contributed by atoms with Crippen LogP contribution in [0.2, 0.25) is 0 Å². The van der Waals surface area contributed by atoms with Gasteiger partial charge in [-0.05, 0) is 0 Å². The van der Waals surface area contributed by atoms with Crippen LogP contribution in [0.15, 0.2) is 0 Å². The summed E-state index contributed by atoms with van der Waals surface area (Å²) in [6.45, 7) is 0. The topological polar surface area (TPSA) is 0 Å². The maximum atomic E-state index is 0. The van der Waals surface area contributed by atoms with E-state index in [9.17, 15) is 0 Å². The first-order valence-corrected chi connectivity index (χ1v) is 0. The molecule has 0 amide bonds. The second-order valence-electron chi connectivity index (χ2n) is 0. The van der Waals surface area contributed by atoms with Gasteiger partial charge in [-0.15, -0.1) is 0 Å². The zero-order valence-corrected chi connectivity index (χ0v) is 1.24. The van der Waals surface area contributed by atoms with Crippen LogP contribution >= 0.6 is 0 Å². The Labute approximate surface area is 78.9 Å². The molecule has 0 heterocycles. The Bertz CT molecular complexity index is 8.00. The van der Waals surface area contributed by atoms with Gasteiger partial charge in [-0.2, -0.15) is 0 Å². The molecule has 1 radical (unpaired) electrons. The molecule has 0 rings (SSSR count). The van der Waals surface area contributed by atoms with Crippen molar-refractivity contribution < 1.29 is 17.1 Å². The van der Waals surface area contributed by atoms with Crippen LogP contribution in [0.25, 0.3) is 0 Å². The Morgan fingerprint density at radius 1 is 1.00 bits per heavy atom. The quantitative estimate of drug-likeness (QED) is 0.404. The summed E-state index contributed by atoms with van der Waals surface area (Å²) in [6, 6.07) is 0. The summed E-state index contributed by atoms with van der Waals surface area (Å²) < 4.78 is 0. The minimum absolute atomic E-state index is 0. The van der Waals surface area contributed by atoms with E-state index in [-0.39, 0.29) is 80.1 Å². The molecule has 0 saturated heterocycles. The van der Waals surface area contributed by atoms with Crippen molar-refractivity contribution in [3.05, 3.63) is 0 Å². The third-order valence-corrected chi connectivity index (χ3v) is 0. The molecule has 0 N–H and O–H groups in total. The van der Waals surface area contributed by atoms with Crippen molar-refractivity contribution in [3.8, 4) is 0 Å². The van der Waals surface area contributed by atoms with Gasteiger partial charge in [0.2, 0.25) is 0 Å². The predicted octanol–water partition coefficient (Wildman–Crippen LogP) is -3.55. The average molecular weight is 284 g/mol. The van der Waals surface area contributed by atoms with Crippen LogP contribution in [0.1, 0.15) is 0 Å². The zero-order valence-electron chi connectivity index (χ0n) is 0.302. The zero-order chi connectivity index (χ0) is 0. The molecule has 0 bridgehead atoms. The van der Waals surface area contributed by atoms with Crippen molar-refractivity contribution in [2.75, 3.05) is 0 Å². The summed E-state index contributed by atoms with van der Waals surface area (Å²) in [7, 11) is 0. The van der Waals surface area contributed by atoms with Crippen LogP contribution in [0.5, 0.6) is 0 Å². The van der Waals surface area contributed by atoms with E-state index in [4.69, 9.17) is 0 Å². The van der Waals surface area contributed by atoms with Gasteiger partial charge < -0.3 is 0 Å². The van der Waals surface area contributed by atoms with E-state index in [1.54, 1.807) is 0 Å². The Kier molecular flexibility index (Phi) is 137. The molecule has 0 aliphatic heterocycles. The van der Waals surface area contributed by atoms with E-state index in [0.29, 0.717) is 0 Å². The van der Waals surface area contributed by atoms with Gasteiger partial charge in [-0.3, -0.25) is 0 Å². The normalized spacial score (nSPS) is 0. The van der Waals surface area contributed by atoms with E-state index in [1.807, 2.05) is 0 Å². The molecular formula is H9AlCuGaIn. The van der Waals surface area contributed by atoms with Crippen LogP contribution in [0.4, 0.5) is 0 Å². The summed E-state index contributed by atoms with van der Waals surface area (Å²) in [5, 5.41) is 0. The first kappa shape index (κ1) is 31.0. The van der Waals surface area contributed by atoms with E-state index in [0.717, 1.165) is 0 Å². The van der Waals surface area contributed by atoms with Gasteiger partial charge in [-0.1, -0.05) is 0 Å². The molecule has 0 nitrogen and oxygen atoms in total. The van der Waals surface area contributed by atoms with Gasteiger partial charge in [0.05, 0.1) is 0 Å². The van der Waals surface area contributed by atoms with Gasteiger partial charge in [-0.25, -0.2) is 0 Å². The molecule has 0 fully saturated rings. The van der Waals surface area contributed by atoms with Crippen molar-refractivity contribution in [1.29, 1.82) is 0 Å². The first-order valence-electron chi connectivity index (χ1n) is 0. The van der Waals surface area contributed by atoms with Crippen LogP contribution in [-0.4, -0.2) is 63.0 Å². The molecule has 0 aromatic carbocycles. The Balaban J connectivity index is 0. The summed E-state index contributed by atoms with van der Waals surface area (Å²) in [5.74, 6) is 0. The first-order chi connectivity index (χ1) is 0. The maximum absolute atomic E-state index is 0. The standard InChI is InChI=1S/Al.Cu.Ga.In.9H. The summed E-state index contributed by atoms with van der Waals surface area (Å²) >= 11 is 0. The molecule has 0 unspecified atom stereocenters. The van der Waals surface area contributed by atoms with Gasteiger partial charge in [0.1, 0.15) is 0 Å². The van der Waals surface area contributed by atoms with E-state index >= 15 is 0 Å². The number of rotatable bonds is 0. The Hall–Kier alpha value is 2.56. The summed E-state index contributed by atoms with van der Waals surface area (Å²) in [4.78, 5) is 0. The van der Waals surface area contributed by atoms with Crippen molar-refractivity contribution >= 4 is 63.0 Å². The molecule has 0 aromatic rings. The Morgan fingerprint density at radius 2 is 1.00 bits per heavy atom. The molecule has 0 aliphatic carbocycles. The van der Waals surface area contributed by atoms with E-state index in [1.165, 1.54) is 0 Å². The molecule has 29 valence electrons. The van der Waals surface area contributed by atoms with Gasteiger partial charge in [0, 0.05) is 17.1 Å². The van der Waals surface area contributed by atoms with Gasteiger partial charge in [0.25, 0.3) is 0 Å². The van der Waals surface area contributed by atoms with Crippen molar-refractivity contribution in [2.24, 2.45) is 0 Å². The second kappa shape index (κ2) is 17.6. The average Bonchev–Trinajstić information content (AvgIpc) is 0. The summed E-state index contributed by atoms with van der Waals surface area (Å²) in [5.41, 5.74) is 0. The van der Waals surface area contributed by atoms with Gasteiger partial charge in [0.15, 0.2) is 17.4 Å². The van der Waals surface area contributed by atoms with Crippen LogP contribution in [0, 0.1) is 0 Å². The second-order valence-corrected chi connectivity index (χ2v) is 0. The molecular weight excluding hydrogens is 275 g/mol. The molecule has 0 saturated carbocycles. The SMILES string of the molecule is [AlH3].[Cu].[GaH3].[InH3]. The fraction of sp³-hybridized carbons (Fsp3) is 0. The van der Waals surface area contributed by atoms with E-state index < -0.39 is 0 Å². The van der Waals surface area contributed by atoms with Gasteiger partial charge >= 0.3 is 45.6 Å². The van der Waals surface area contributed by atoms with E-state index in [2.05, 4.69) is 0 Å². The van der Waals surface area contributed by atoms with Crippen molar-refractivity contribution in [3.63, 3.8) is 0 Å². The summed E-state index contributed by atoms with van der Waals surface area (Å²) in [6.07, 6.45) is 0. The molecule has 0 aliphatic rings. The molecule has 0 atom stereocenters. The van der Waals surface area contributed by atoms with Crippen molar-refractivity contribution in [1.82, 2.24) is 0 Å². The Morgan fingerprint density at radius 3 is 1.00 bits per heavy atom. The third kappa shape index (κ3) is 8.82. The van der Waals surface area contributed by atoms with Crippen LogP contribution < -0.4 is 0 Å². The van der Waals surface area contributed by atoms with Crippen LogP contribution in [-0.2, 0) is 17.1 Å². The predicted molar refractivity (Wildman–Crippen MR) is 29.8 cm³/mol. The monoisotopic (exact) mass is 283 g/mol. The fourth-order valence-electron chi connectivity index (χ4n) is 0. The molecule has 4 heteroatoms. The number of hydrogen-bond donors (Lipinski definition) is 0. The minimum atomic E-state index is 0. The van der Waals surface area contributed by atoms with Crippen LogP contribution in [0.3, 0.4) is 0 Å². The fourth-order valence-corrected chi connectivity index (χ4v) is 0. The van der Waals surface area contributed by atoms with Crippen molar-refractivity contribution in [2.45, 2.75) is 0 Å². The number of hydrogen-bond acceptors (Lipinski definition) is 0. The molecule has 0 aromatic heterocycles. The molecule has 4 heavy (non-hydrogen) atoms. The molecule has 0 spiro atoms.